The van der Waals surface area contributed by atoms with E-state index in [9.17, 15) is 4.79 Å². The summed E-state index contributed by atoms with van der Waals surface area (Å²) in [5.41, 5.74) is 1.04. The minimum atomic E-state index is -0.0780. The zero-order chi connectivity index (χ0) is 16.9. The van der Waals surface area contributed by atoms with Crippen molar-refractivity contribution in [3.05, 3.63) is 41.4 Å². The zero-order valence-electron chi connectivity index (χ0n) is 13.8. The number of nitrogens with one attached hydrogen (secondary N) is 1. The molecule has 1 aromatic carbocycles. The number of oxazole rings is 1. The van der Waals surface area contributed by atoms with Gasteiger partial charge in [-0.15, -0.1) is 0 Å². The summed E-state index contributed by atoms with van der Waals surface area (Å²) in [6.45, 7) is 2.56. The Labute approximate surface area is 147 Å². The Kier molecular flexibility index (Phi) is 5.53. The Hall–Kier alpha value is -1.85. The Balaban J connectivity index is 1.71. The zero-order valence-corrected chi connectivity index (χ0v) is 14.6. The van der Waals surface area contributed by atoms with Crippen molar-refractivity contribution in [2.24, 2.45) is 5.92 Å². The van der Waals surface area contributed by atoms with Crippen molar-refractivity contribution in [3.8, 4) is 11.3 Å². The van der Waals surface area contributed by atoms with Crippen LogP contribution in [0.4, 0.5) is 0 Å². The molecule has 0 saturated carbocycles. The first kappa shape index (κ1) is 17.0. The van der Waals surface area contributed by atoms with E-state index in [2.05, 4.69) is 10.3 Å². The maximum Gasteiger partial charge on any atom is 0.276 e. The first-order chi connectivity index (χ1) is 11.7. The fraction of sp³-hybridized carbons (Fsp3) is 0.444. The van der Waals surface area contributed by atoms with E-state index >= 15 is 0 Å². The van der Waals surface area contributed by atoms with Gasteiger partial charge in [-0.3, -0.25) is 4.79 Å². The number of aromatic nitrogens is 1. The Morgan fingerprint density at radius 1 is 1.38 bits per heavy atom. The van der Waals surface area contributed by atoms with Crippen molar-refractivity contribution in [2.75, 3.05) is 26.7 Å². The molecule has 0 spiro atoms. The fourth-order valence-corrected chi connectivity index (χ4v) is 3.38. The number of nitrogens with zero attached hydrogens (tertiary/aromatic N) is 2. The molecular formula is C18H22ClN3O2. The number of likely N-dealkylation sites (tertiary alicyclic amines) is 1. The predicted molar refractivity (Wildman–Crippen MR) is 94.1 cm³/mol. The van der Waals surface area contributed by atoms with Crippen LogP contribution in [-0.2, 0) is 0 Å². The van der Waals surface area contributed by atoms with Gasteiger partial charge in [0.25, 0.3) is 5.91 Å². The highest BCUT2D eigenvalue weighted by Crippen LogP contribution is 2.31. The molecule has 128 valence electrons. The molecule has 1 fully saturated rings. The molecule has 24 heavy (non-hydrogen) atoms. The van der Waals surface area contributed by atoms with Crippen molar-refractivity contribution in [1.82, 2.24) is 15.2 Å². The first-order valence-electron chi connectivity index (χ1n) is 8.33. The summed E-state index contributed by atoms with van der Waals surface area (Å²) in [5.74, 6) is 1.05. The maximum atomic E-state index is 12.8. The molecule has 2 heterocycles. The van der Waals surface area contributed by atoms with E-state index in [1.807, 2.05) is 30.1 Å². The molecule has 6 heteroatoms. The molecule has 0 aliphatic carbocycles. The number of benzene rings is 1. The Bertz CT molecular complexity index is 693. The van der Waals surface area contributed by atoms with Crippen LogP contribution in [-0.4, -0.2) is 42.5 Å². The van der Waals surface area contributed by atoms with Gasteiger partial charge in [0.15, 0.2) is 17.8 Å². The number of hydrogen-bond donors (Lipinski definition) is 1. The Morgan fingerprint density at radius 2 is 2.12 bits per heavy atom. The van der Waals surface area contributed by atoms with Crippen LogP contribution in [0, 0.1) is 5.92 Å². The number of piperidine rings is 1. The summed E-state index contributed by atoms with van der Waals surface area (Å²) in [5, 5.41) is 3.74. The second-order valence-electron chi connectivity index (χ2n) is 6.14. The van der Waals surface area contributed by atoms with E-state index in [0.29, 0.717) is 28.0 Å². The van der Waals surface area contributed by atoms with Gasteiger partial charge in [0.1, 0.15) is 0 Å². The summed E-state index contributed by atoms with van der Waals surface area (Å²) in [7, 11) is 1.97. The van der Waals surface area contributed by atoms with Crippen LogP contribution in [0.1, 0.15) is 29.8 Å². The molecule has 0 radical (unpaired) electrons. The molecule has 1 aromatic heterocycles. The summed E-state index contributed by atoms with van der Waals surface area (Å²) >= 11 is 6.23. The smallest absolute Gasteiger partial charge is 0.276 e. The van der Waals surface area contributed by atoms with Crippen LogP contribution in [0.25, 0.3) is 11.3 Å². The lowest BCUT2D eigenvalue weighted by Crippen LogP contribution is -2.39. The number of hydrogen-bond acceptors (Lipinski definition) is 4. The summed E-state index contributed by atoms with van der Waals surface area (Å²) < 4.78 is 5.47. The van der Waals surface area contributed by atoms with Crippen LogP contribution >= 0.6 is 11.6 Å². The molecule has 1 amide bonds. The normalized spacial score (nSPS) is 15.7. The van der Waals surface area contributed by atoms with Crippen LogP contribution in [0.15, 0.2) is 35.1 Å². The second kappa shape index (κ2) is 7.81. The molecule has 2 aromatic rings. The van der Waals surface area contributed by atoms with E-state index in [1.165, 1.54) is 6.39 Å². The van der Waals surface area contributed by atoms with E-state index < -0.39 is 0 Å². The van der Waals surface area contributed by atoms with E-state index in [-0.39, 0.29) is 5.91 Å². The van der Waals surface area contributed by atoms with Crippen LogP contribution < -0.4 is 5.32 Å². The minimum Gasteiger partial charge on any atom is -0.443 e. The van der Waals surface area contributed by atoms with E-state index in [1.54, 1.807) is 6.07 Å². The standard InChI is InChI=1S/C18H22ClN3O2/c1-20-9-6-13-7-10-22(11-8-13)18(23)16-17(24-12-21-16)14-4-2-3-5-15(14)19/h2-5,12-13,20H,6-11H2,1H3. The molecule has 1 aliphatic heterocycles. The van der Waals surface area contributed by atoms with Gasteiger partial charge in [-0.1, -0.05) is 23.7 Å². The highest BCUT2D eigenvalue weighted by molar-refractivity contribution is 6.33. The quantitative estimate of drug-likeness (QED) is 0.899. The minimum absolute atomic E-state index is 0.0780. The summed E-state index contributed by atoms with van der Waals surface area (Å²) in [4.78, 5) is 18.9. The summed E-state index contributed by atoms with van der Waals surface area (Å²) in [6, 6.07) is 7.33. The fourth-order valence-electron chi connectivity index (χ4n) is 3.16. The van der Waals surface area contributed by atoms with Gasteiger partial charge in [0.2, 0.25) is 0 Å². The lowest BCUT2D eigenvalue weighted by atomic mass is 9.93. The third-order valence-electron chi connectivity index (χ3n) is 4.59. The molecule has 1 saturated heterocycles. The topological polar surface area (TPSA) is 58.4 Å². The molecular weight excluding hydrogens is 326 g/mol. The van der Waals surface area contributed by atoms with Crippen LogP contribution in [0.3, 0.4) is 0 Å². The third-order valence-corrected chi connectivity index (χ3v) is 4.92. The van der Waals surface area contributed by atoms with Gasteiger partial charge in [0, 0.05) is 18.7 Å². The van der Waals surface area contributed by atoms with E-state index in [4.69, 9.17) is 16.0 Å². The van der Waals surface area contributed by atoms with Crippen molar-refractivity contribution in [2.45, 2.75) is 19.3 Å². The SMILES string of the molecule is CNCCC1CCN(C(=O)c2ncoc2-c2ccccc2Cl)CC1. The number of carbonyl (C=O) groups excluding carboxylic acids is 1. The monoisotopic (exact) mass is 347 g/mol. The van der Waals surface area contributed by atoms with Crippen molar-refractivity contribution < 1.29 is 9.21 Å². The van der Waals surface area contributed by atoms with Gasteiger partial charge < -0.3 is 14.6 Å². The highest BCUT2D eigenvalue weighted by Gasteiger charge is 2.28. The molecule has 0 unspecified atom stereocenters. The second-order valence-corrected chi connectivity index (χ2v) is 6.54. The molecule has 0 atom stereocenters. The van der Waals surface area contributed by atoms with Gasteiger partial charge in [-0.2, -0.15) is 0 Å². The van der Waals surface area contributed by atoms with Crippen molar-refractivity contribution in [3.63, 3.8) is 0 Å². The molecule has 3 rings (SSSR count). The number of halogens is 1. The summed E-state index contributed by atoms with van der Waals surface area (Å²) in [6.07, 6.45) is 4.54. The lowest BCUT2D eigenvalue weighted by molar-refractivity contribution is 0.0682. The average Bonchev–Trinajstić information content (AvgIpc) is 3.09. The van der Waals surface area contributed by atoms with Crippen LogP contribution in [0.5, 0.6) is 0 Å². The third kappa shape index (κ3) is 3.62. The maximum absolute atomic E-state index is 12.8. The van der Waals surface area contributed by atoms with Gasteiger partial charge in [0.05, 0.1) is 5.02 Å². The molecule has 1 N–H and O–H groups in total. The van der Waals surface area contributed by atoms with Crippen molar-refractivity contribution >= 4 is 17.5 Å². The van der Waals surface area contributed by atoms with Crippen molar-refractivity contribution in [1.29, 1.82) is 0 Å². The van der Waals surface area contributed by atoms with Gasteiger partial charge in [-0.05, 0) is 50.9 Å². The molecule has 0 bridgehead atoms. The van der Waals surface area contributed by atoms with Gasteiger partial charge in [-0.25, -0.2) is 4.98 Å². The van der Waals surface area contributed by atoms with E-state index in [0.717, 1.165) is 38.9 Å². The van der Waals surface area contributed by atoms with Crippen LogP contribution in [0.2, 0.25) is 5.02 Å². The number of carbonyl (C=O) groups is 1. The average molecular weight is 348 g/mol. The lowest BCUT2D eigenvalue weighted by Gasteiger charge is -2.31. The Morgan fingerprint density at radius 3 is 2.83 bits per heavy atom. The largest absolute Gasteiger partial charge is 0.443 e. The van der Waals surface area contributed by atoms with Gasteiger partial charge >= 0.3 is 0 Å². The molecule has 5 nitrogen and oxygen atoms in total. The first-order valence-corrected chi connectivity index (χ1v) is 8.70. The molecule has 1 aliphatic rings. The predicted octanol–water partition coefficient (Wildman–Crippen LogP) is 3.46. The highest BCUT2D eigenvalue weighted by atomic mass is 35.5. The number of rotatable bonds is 5. The number of amides is 1.